The van der Waals surface area contributed by atoms with Crippen molar-refractivity contribution in [2.24, 2.45) is 0 Å². The van der Waals surface area contributed by atoms with Gasteiger partial charge in [-0.05, 0) is 81.3 Å². The van der Waals surface area contributed by atoms with Crippen molar-refractivity contribution in [3.8, 4) is 5.75 Å². The molecule has 41 heavy (non-hydrogen) atoms. The van der Waals surface area contributed by atoms with Gasteiger partial charge in [0.1, 0.15) is 18.3 Å². The summed E-state index contributed by atoms with van der Waals surface area (Å²) in [6.45, 7) is 7.17. The van der Waals surface area contributed by atoms with Gasteiger partial charge in [-0.1, -0.05) is 54.4 Å². The van der Waals surface area contributed by atoms with Crippen LogP contribution in [0.3, 0.4) is 0 Å². The summed E-state index contributed by atoms with van der Waals surface area (Å²) in [4.78, 5) is 28.4. The Labute approximate surface area is 252 Å². The first-order valence-corrected chi connectivity index (χ1v) is 15.5. The van der Waals surface area contributed by atoms with E-state index in [1.807, 2.05) is 20.8 Å². The van der Waals surface area contributed by atoms with Crippen LogP contribution in [0.15, 0.2) is 77.7 Å². The molecule has 0 aromatic heterocycles. The fraction of sp³-hybridized carbons (Fsp3) is 0.333. The molecule has 0 radical (unpaired) electrons. The Balaban J connectivity index is 2.00. The van der Waals surface area contributed by atoms with E-state index in [0.29, 0.717) is 40.1 Å². The summed E-state index contributed by atoms with van der Waals surface area (Å²) in [5.41, 5.74) is 0.942. The van der Waals surface area contributed by atoms with Gasteiger partial charge in [0, 0.05) is 12.6 Å². The Bertz CT molecular complexity index is 1440. The third-order valence-corrected chi connectivity index (χ3v) is 9.08. The lowest BCUT2D eigenvalue weighted by Crippen LogP contribution is -2.52. The summed E-state index contributed by atoms with van der Waals surface area (Å²) < 4.78 is 34.3. The number of halogens is 2. The normalized spacial score (nSPS) is 12.7. The molecule has 0 spiro atoms. The molecule has 0 heterocycles. The average Bonchev–Trinajstić information content (AvgIpc) is 2.96. The van der Waals surface area contributed by atoms with Crippen LogP contribution in [0.5, 0.6) is 5.75 Å². The Morgan fingerprint density at radius 1 is 0.927 bits per heavy atom. The van der Waals surface area contributed by atoms with Crippen LogP contribution >= 0.6 is 23.2 Å². The van der Waals surface area contributed by atoms with Gasteiger partial charge in [-0.3, -0.25) is 13.9 Å². The number of hydrogen-bond acceptors (Lipinski definition) is 5. The molecule has 0 saturated heterocycles. The molecular formula is C30H35Cl2N3O5S. The predicted octanol–water partition coefficient (Wildman–Crippen LogP) is 5.92. The van der Waals surface area contributed by atoms with Crippen LogP contribution in [0.2, 0.25) is 10.0 Å². The van der Waals surface area contributed by atoms with E-state index >= 15 is 0 Å². The first-order chi connectivity index (χ1) is 19.5. The zero-order chi connectivity index (χ0) is 30.2. The second-order valence-corrected chi connectivity index (χ2v) is 12.2. The topological polar surface area (TPSA) is 96.0 Å². The highest BCUT2D eigenvalue weighted by Crippen LogP contribution is 2.27. The molecular weight excluding hydrogens is 585 g/mol. The molecule has 3 aromatic carbocycles. The largest absolute Gasteiger partial charge is 0.494 e. The molecule has 0 fully saturated rings. The highest BCUT2D eigenvalue weighted by molar-refractivity contribution is 7.92. The summed E-state index contributed by atoms with van der Waals surface area (Å²) in [5.74, 6) is -0.391. The summed E-state index contributed by atoms with van der Waals surface area (Å²) in [6.07, 6.45) is 0.710. The van der Waals surface area contributed by atoms with Gasteiger partial charge in [0.25, 0.3) is 10.0 Å². The number of sulfonamides is 1. The van der Waals surface area contributed by atoms with Crippen molar-refractivity contribution >= 4 is 50.7 Å². The number of rotatable bonds is 13. The molecule has 0 aliphatic heterocycles. The summed E-state index contributed by atoms with van der Waals surface area (Å²) in [6, 6.07) is 18.3. The molecule has 3 aromatic rings. The van der Waals surface area contributed by atoms with Crippen molar-refractivity contribution in [1.29, 1.82) is 0 Å². The van der Waals surface area contributed by atoms with Gasteiger partial charge in [-0.15, -0.1) is 0 Å². The van der Waals surface area contributed by atoms with E-state index < -0.39 is 28.5 Å². The minimum absolute atomic E-state index is 0.00352. The maximum absolute atomic E-state index is 14.0. The molecule has 0 saturated carbocycles. The van der Waals surface area contributed by atoms with E-state index in [-0.39, 0.29) is 23.4 Å². The van der Waals surface area contributed by atoms with E-state index in [4.69, 9.17) is 27.9 Å². The molecule has 8 nitrogen and oxygen atoms in total. The van der Waals surface area contributed by atoms with Gasteiger partial charge in [0.05, 0.1) is 27.2 Å². The minimum atomic E-state index is -4.18. The molecule has 0 aliphatic rings. The number of nitrogens with one attached hydrogen (secondary N) is 1. The van der Waals surface area contributed by atoms with Crippen molar-refractivity contribution in [3.63, 3.8) is 0 Å². The first-order valence-electron chi connectivity index (χ1n) is 13.3. The number of nitrogens with zero attached hydrogens (tertiary/aromatic N) is 2. The quantitative estimate of drug-likeness (QED) is 0.256. The predicted molar refractivity (Wildman–Crippen MR) is 163 cm³/mol. The zero-order valence-corrected chi connectivity index (χ0v) is 25.8. The van der Waals surface area contributed by atoms with Crippen LogP contribution < -0.4 is 14.4 Å². The SMILES string of the molecule is CCOc1ccc(S(=O)(=O)N(CC(=O)N(Cc2ccc(Cl)c(Cl)c2)[C@@H](C)C(=O)N[C@@H](C)CC)c2ccccc2)cc1. The van der Waals surface area contributed by atoms with E-state index in [1.165, 1.54) is 17.0 Å². The van der Waals surface area contributed by atoms with Crippen molar-refractivity contribution in [1.82, 2.24) is 10.2 Å². The third kappa shape index (κ3) is 8.38. The van der Waals surface area contributed by atoms with E-state index in [0.717, 1.165) is 4.31 Å². The number of benzene rings is 3. The number of para-hydroxylation sites is 1. The number of anilines is 1. The zero-order valence-electron chi connectivity index (χ0n) is 23.5. The van der Waals surface area contributed by atoms with Crippen molar-refractivity contribution < 1.29 is 22.7 Å². The Hall–Kier alpha value is -3.27. The Morgan fingerprint density at radius 3 is 2.17 bits per heavy atom. The summed E-state index contributed by atoms with van der Waals surface area (Å²) in [5, 5.41) is 3.56. The molecule has 2 atom stereocenters. The minimum Gasteiger partial charge on any atom is -0.494 e. The van der Waals surface area contributed by atoms with Gasteiger partial charge in [-0.25, -0.2) is 8.42 Å². The molecule has 0 unspecified atom stereocenters. The lowest BCUT2D eigenvalue weighted by atomic mass is 10.1. The first kappa shape index (κ1) is 32.2. The number of amides is 2. The highest BCUT2D eigenvalue weighted by Gasteiger charge is 2.32. The van der Waals surface area contributed by atoms with E-state index in [2.05, 4.69) is 5.32 Å². The number of hydrogen-bond donors (Lipinski definition) is 1. The van der Waals surface area contributed by atoms with Gasteiger partial charge < -0.3 is 15.0 Å². The van der Waals surface area contributed by atoms with Gasteiger partial charge in [0.2, 0.25) is 11.8 Å². The van der Waals surface area contributed by atoms with Crippen LogP contribution in [0.1, 0.15) is 39.7 Å². The third-order valence-electron chi connectivity index (χ3n) is 6.55. The smallest absolute Gasteiger partial charge is 0.264 e. The lowest BCUT2D eigenvalue weighted by Gasteiger charge is -2.32. The molecule has 3 rings (SSSR count). The van der Waals surface area contributed by atoms with E-state index in [1.54, 1.807) is 67.6 Å². The van der Waals surface area contributed by atoms with Gasteiger partial charge in [-0.2, -0.15) is 0 Å². The maximum atomic E-state index is 14.0. The summed E-state index contributed by atoms with van der Waals surface area (Å²) >= 11 is 12.3. The Morgan fingerprint density at radius 2 is 1.59 bits per heavy atom. The van der Waals surface area contributed by atoms with Gasteiger partial charge in [0.15, 0.2) is 0 Å². The highest BCUT2D eigenvalue weighted by atomic mass is 35.5. The fourth-order valence-corrected chi connectivity index (χ4v) is 5.74. The van der Waals surface area contributed by atoms with Crippen molar-refractivity contribution in [2.75, 3.05) is 17.5 Å². The molecule has 220 valence electrons. The lowest BCUT2D eigenvalue weighted by molar-refractivity contribution is -0.139. The van der Waals surface area contributed by atoms with E-state index in [9.17, 15) is 18.0 Å². The van der Waals surface area contributed by atoms with Crippen LogP contribution in [-0.4, -0.2) is 50.4 Å². The molecule has 11 heteroatoms. The fourth-order valence-electron chi connectivity index (χ4n) is 4.01. The molecule has 1 N–H and O–H groups in total. The molecule has 2 amide bonds. The van der Waals surface area contributed by atoms with Crippen molar-refractivity contribution in [3.05, 3.63) is 88.4 Å². The summed E-state index contributed by atoms with van der Waals surface area (Å²) in [7, 11) is -4.18. The van der Waals surface area contributed by atoms with Crippen LogP contribution in [0.25, 0.3) is 0 Å². The van der Waals surface area contributed by atoms with Crippen LogP contribution in [0, 0.1) is 0 Å². The standard InChI is InChI=1S/C30H35Cl2N3O5S/c1-5-21(3)33-30(37)22(4)34(19-23-12-17-27(31)28(32)18-23)29(36)20-35(24-10-8-7-9-11-24)41(38,39)26-15-13-25(14-16-26)40-6-2/h7-18,21-22H,5-6,19-20H2,1-4H3,(H,33,37)/t21-,22-/m0/s1. The number of carbonyl (C=O) groups excluding carboxylic acids is 2. The average molecular weight is 621 g/mol. The monoisotopic (exact) mass is 619 g/mol. The van der Waals surface area contributed by atoms with Crippen molar-refractivity contribution in [2.45, 2.75) is 57.6 Å². The number of ether oxygens (including phenoxy) is 1. The maximum Gasteiger partial charge on any atom is 0.264 e. The Kier molecular flexibility index (Phi) is 11.5. The van der Waals surface area contributed by atoms with Gasteiger partial charge >= 0.3 is 0 Å². The molecule has 0 aliphatic carbocycles. The second-order valence-electron chi connectivity index (χ2n) is 9.52. The molecule has 0 bridgehead atoms. The van der Waals surface area contributed by atoms with Crippen LogP contribution in [-0.2, 0) is 26.2 Å². The number of carbonyl (C=O) groups is 2. The second kappa shape index (κ2) is 14.6. The van der Waals surface area contributed by atoms with Crippen LogP contribution in [0.4, 0.5) is 5.69 Å².